The fourth-order valence-corrected chi connectivity index (χ4v) is 3.23. The van der Waals surface area contributed by atoms with Crippen LogP contribution in [0.15, 0.2) is 62.5 Å². The molecule has 0 bridgehead atoms. The largest absolute Gasteiger partial charge is 0.441 e. The van der Waals surface area contributed by atoms with E-state index in [1.807, 2.05) is 19.9 Å². The van der Waals surface area contributed by atoms with Gasteiger partial charge in [-0.1, -0.05) is 18.2 Å². The Kier molecular flexibility index (Phi) is 5.05. The highest BCUT2D eigenvalue weighted by Gasteiger charge is 2.11. The number of oxazole rings is 1. The van der Waals surface area contributed by atoms with E-state index in [2.05, 4.69) is 15.3 Å². The Bertz CT molecular complexity index is 1340. The molecule has 0 aliphatic rings. The molecule has 0 unspecified atom stereocenters. The number of carbonyl (C=O) groups is 1. The van der Waals surface area contributed by atoms with Crippen LogP contribution in [0, 0.1) is 13.8 Å². The van der Waals surface area contributed by atoms with Gasteiger partial charge < -0.3 is 9.73 Å². The Morgan fingerprint density at radius 3 is 2.70 bits per heavy atom. The lowest BCUT2D eigenvalue weighted by Gasteiger charge is -2.10. The van der Waals surface area contributed by atoms with Crippen molar-refractivity contribution in [2.45, 2.75) is 26.8 Å². The minimum Gasteiger partial charge on any atom is -0.441 e. The number of benzene rings is 2. The van der Waals surface area contributed by atoms with Gasteiger partial charge in [0, 0.05) is 24.2 Å². The molecule has 8 nitrogen and oxygen atoms in total. The molecular formula is C22H20N4O4. The fourth-order valence-electron chi connectivity index (χ4n) is 3.23. The molecule has 0 radical (unpaired) electrons. The number of H-pyrrole nitrogens is 1. The van der Waals surface area contributed by atoms with Crippen LogP contribution in [-0.4, -0.2) is 20.4 Å². The minimum absolute atomic E-state index is 0.0669. The third kappa shape index (κ3) is 3.80. The van der Waals surface area contributed by atoms with Gasteiger partial charge in [0.05, 0.1) is 16.6 Å². The number of nitrogens with zero attached hydrogens (tertiary/aromatic N) is 2. The SMILES string of the molecule is Cc1nc(-c2cccc(NC(=O)CCn3c(=O)[nH]c(=O)c4ccccc43)c2)oc1C. The molecule has 30 heavy (non-hydrogen) atoms. The number of hydrogen-bond donors (Lipinski definition) is 2. The molecule has 0 aliphatic carbocycles. The molecule has 152 valence electrons. The number of nitrogens with one attached hydrogen (secondary N) is 2. The van der Waals surface area contributed by atoms with Crippen molar-refractivity contribution in [1.82, 2.24) is 14.5 Å². The molecule has 0 saturated carbocycles. The van der Waals surface area contributed by atoms with E-state index in [1.165, 1.54) is 4.57 Å². The summed E-state index contributed by atoms with van der Waals surface area (Å²) in [6, 6.07) is 14.0. The van der Waals surface area contributed by atoms with Crippen molar-refractivity contribution >= 4 is 22.5 Å². The number of anilines is 1. The molecule has 0 aliphatic heterocycles. The van der Waals surface area contributed by atoms with E-state index in [-0.39, 0.29) is 18.9 Å². The summed E-state index contributed by atoms with van der Waals surface area (Å²) in [6.45, 7) is 3.86. The lowest BCUT2D eigenvalue weighted by molar-refractivity contribution is -0.116. The van der Waals surface area contributed by atoms with Gasteiger partial charge in [0.1, 0.15) is 5.76 Å². The molecule has 8 heteroatoms. The fraction of sp³-hybridized carbons (Fsp3) is 0.182. The topological polar surface area (TPSA) is 110 Å². The number of amides is 1. The predicted octanol–water partition coefficient (Wildman–Crippen LogP) is 2.99. The van der Waals surface area contributed by atoms with Crippen molar-refractivity contribution in [3.63, 3.8) is 0 Å². The Hall–Kier alpha value is -3.94. The highest BCUT2D eigenvalue weighted by molar-refractivity contribution is 5.91. The van der Waals surface area contributed by atoms with Gasteiger partial charge in [0.2, 0.25) is 11.8 Å². The van der Waals surface area contributed by atoms with Gasteiger partial charge in [-0.15, -0.1) is 0 Å². The van der Waals surface area contributed by atoms with Crippen molar-refractivity contribution in [1.29, 1.82) is 0 Å². The summed E-state index contributed by atoms with van der Waals surface area (Å²) in [7, 11) is 0. The number of rotatable bonds is 5. The van der Waals surface area contributed by atoms with Crippen LogP contribution in [0.1, 0.15) is 17.9 Å². The number of aromatic nitrogens is 3. The normalized spacial score (nSPS) is 11.0. The first-order chi connectivity index (χ1) is 14.4. The molecule has 2 heterocycles. The summed E-state index contributed by atoms with van der Waals surface area (Å²) in [6.07, 6.45) is 0.0669. The van der Waals surface area contributed by atoms with Crippen LogP contribution in [-0.2, 0) is 11.3 Å². The van der Waals surface area contributed by atoms with Gasteiger partial charge in [-0.3, -0.25) is 19.1 Å². The highest BCUT2D eigenvalue weighted by Crippen LogP contribution is 2.24. The molecule has 2 aromatic heterocycles. The average Bonchev–Trinajstić information content (AvgIpc) is 3.06. The number of carbonyl (C=O) groups excluding carboxylic acids is 1. The molecule has 0 saturated heterocycles. The van der Waals surface area contributed by atoms with Crippen LogP contribution in [0.3, 0.4) is 0 Å². The van der Waals surface area contributed by atoms with E-state index in [9.17, 15) is 14.4 Å². The van der Waals surface area contributed by atoms with Crippen LogP contribution in [0.2, 0.25) is 0 Å². The van der Waals surface area contributed by atoms with E-state index in [0.29, 0.717) is 22.5 Å². The van der Waals surface area contributed by atoms with Crippen LogP contribution in [0.5, 0.6) is 0 Å². The first kappa shape index (κ1) is 19.4. The second-order valence-corrected chi connectivity index (χ2v) is 6.97. The molecular weight excluding hydrogens is 384 g/mol. The molecule has 4 rings (SSSR count). The number of para-hydroxylation sites is 1. The zero-order valence-electron chi connectivity index (χ0n) is 16.6. The van der Waals surface area contributed by atoms with Gasteiger partial charge >= 0.3 is 5.69 Å². The number of hydrogen-bond acceptors (Lipinski definition) is 5. The number of aryl methyl sites for hydroxylation is 3. The summed E-state index contributed by atoms with van der Waals surface area (Å²) in [4.78, 5) is 43.3. The summed E-state index contributed by atoms with van der Waals surface area (Å²) in [5, 5.41) is 3.23. The molecule has 2 aromatic carbocycles. The molecule has 1 amide bonds. The number of fused-ring (bicyclic) bond motifs is 1. The monoisotopic (exact) mass is 404 g/mol. The van der Waals surface area contributed by atoms with E-state index < -0.39 is 11.2 Å². The standard InChI is InChI=1S/C22H20N4O4/c1-13-14(2)30-21(23-13)15-6-5-7-16(12-15)24-19(27)10-11-26-18-9-4-3-8-17(18)20(28)25-22(26)29/h3-9,12H,10-11H2,1-2H3,(H,24,27)(H,25,28,29). The average molecular weight is 404 g/mol. The van der Waals surface area contributed by atoms with E-state index >= 15 is 0 Å². The summed E-state index contributed by atoms with van der Waals surface area (Å²) < 4.78 is 7.03. The lowest BCUT2D eigenvalue weighted by atomic mass is 10.2. The predicted molar refractivity (Wildman–Crippen MR) is 113 cm³/mol. The molecule has 0 spiro atoms. The van der Waals surface area contributed by atoms with Gasteiger partial charge in [-0.2, -0.15) is 0 Å². The molecule has 2 N–H and O–H groups in total. The van der Waals surface area contributed by atoms with Gasteiger partial charge in [-0.25, -0.2) is 9.78 Å². The molecule has 0 fully saturated rings. The molecule has 4 aromatic rings. The zero-order chi connectivity index (χ0) is 21.3. The van der Waals surface area contributed by atoms with Gasteiger partial charge in [0.15, 0.2) is 0 Å². The molecule has 0 atom stereocenters. The van der Waals surface area contributed by atoms with Crippen molar-refractivity contribution in [3.05, 3.63) is 80.8 Å². The maximum atomic E-state index is 12.5. The van der Waals surface area contributed by atoms with Crippen LogP contribution in [0.4, 0.5) is 5.69 Å². The maximum absolute atomic E-state index is 12.5. The Morgan fingerprint density at radius 1 is 1.13 bits per heavy atom. The van der Waals surface area contributed by atoms with Gasteiger partial charge in [-0.05, 0) is 44.2 Å². The first-order valence-electron chi connectivity index (χ1n) is 9.48. The van der Waals surface area contributed by atoms with Crippen LogP contribution >= 0.6 is 0 Å². The van der Waals surface area contributed by atoms with E-state index in [0.717, 1.165) is 17.0 Å². The lowest BCUT2D eigenvalue weighted by Crippen LogP contribution is -2.31. The summed E-state index contributed by atoms with van der Waals surface area (Å²) in [5.41, 5.74) is 1.69. The van der Waals surface area contributed by atoms with Crippen molar-refractivity contribution in [2.24, 2.45) is 0 Å². The van der Waals surface area contributed by atoms with Crippen molar-refractivity contribution < 1.29 is 9.21 Å². The minimum atomic E-state index is -0.539. The number of aromatic amines is 1. The third-order valence-corrected chi connectivity index (χ3v) is 4.89. The maximum Gasteiger partial charge on any atom is 0.328 e. The Morgan fingerprint density at radius 2 is 1.93 bits per heavy atom. The Balaban J connectivity index is 1.50. The second-order valence-electron chi connectivity index (χ2n) is 6.97. The van der Waals surface area contributed by atoms with Gasteiger partial charge in [0.25, 0.3) is 5.56 Å². The smallest absolute Gasteiger partial charge is 0.328 e. The van der Waals surface area contributed by atoms with E-state index in [4.69, 9.17) is 4.42 Å². The zero-order valence-corrected chi connectivity index (χ0v) is 16.6. The summed E-state index contributed by atoms with van der Waals surface area (Å²) in [5.74, 6) is 0.986. The third-order valence-electron chi connectivity index (χ3n) is 4.89. The van der Waals surface area contributed by atoms with Crippen molar-refractivity contribution in [3.8, 4) is 11.5 Å². The quantitative estimate of drug-likeness (QED) is 0.531. The highest BCUT2D eigenvalue weighted by atomic mass is 16.4. The second kappa shape index (κ2) is 7.82. The van der Waals surface area contributed by atoms with E-state index in [1.54, 1.807) is 42.5 Å². The van der Waals surface area contributed by atoms with Crippen LogP contribution < -0.4 is 16.6 Å². The summed E-state index contributed by atoms with van der Waals surface area (Å²) >= 11 is 0. The Labute approximate surface area is 171 Å². The first-order valence-corrected chi connectivity index (χ1v) is 9.48. The van der Waals surface area contributed by atoms with Crippen molar-refractivity contribution in [2.75, 3.05) is 5.32 Å². The van der Waals surface area contributed by atoms with Crippen LogP contribution in [0.25, 0.3) is 22.4 Å².